The highest BCUT2D eigenvalue weighted by Gasteiger charge is 2.79. The minimum Gasteiger partial charge on any atom is -0.383 e. The summed E-state index contributed by atoms with van der Waals surface area (Å²) in [7, 11) is 0. The molecule has 0 aromatic heterocycles. The van der Waals surface area contributed by atoms with E-state index in [0.29, 0.717) is 31.2 Å². The van der Waals surface area contributed by atoms with Gasteiger partial charge in [0.15, 0.2) is 5.78 Å². The van der Waals surface area contributed by atoms with Crippen LogP contribution in [0.25, 0.3) is 11.1 Å². The van der Waals surface area contributed by atoms with Crippen LogP contribution in [0.5, 0.6) is 0 Å². The van der Waals surface area contributed by atoms with Crippen molar-refractivity contribution in [3.05, 3.63) is 82.5 Å². The van der Waals surface area contributed by atoms with Gasteiger partial charge in [-0.1, -0.05) is 48.9 Å². The van der Waals surface area contributed by atoms with E-state index in [-0.39, 0.29) is 24.5 Å². The molecule has 3 nitrogen and oxygen atoms in total. The van der Waals surface area contributed by atoms with Crippen LogP contribution in [-0.4, -0.2) is 28.6 Å². The first-order valence-corrected chi connectivity index (χ1v) is 14.0. The lowest BCUT2D eigenvalue weighted by Crippen LogP contribution is -2.65. The minimum absolute atomic E-state index is 0.0480. The van der Waals surface area contributed by atoms with E-state index in [2.05, 4.69) is 6.07 Å². The molecule has 41 heavy (non-hydrogen) atoms. The Kier molecular flexibility index (Phi) is 6.35. The van der Waals surface area contributed by atoms with Crippen LogP contribution in [0.4, 0.5) is 22.0 Å². The summed E-state index contributed by atoms with van der Waals surface area (Å²) in [5, 5.41) is 20.5. The standard InChI is InChI=1S/C33H30F5NO2/c1-30-17-27(22-8-6-21(7-9-22)20-4-2-19(18-39)3-5-20)29-25-13-11-24(40)16-23(25)10-12-26(29)28(30)14-15-31(30,41)32(34,35)33(36,37)38/h2-9,16,26-28,41H,10-15,17H2,1H3/t26-,27+,28-,30-,31-/m0/s1. The van der Waals surface area contributed by atoms with Gasteiger partial charge in [0.2, 0.25) is 0 Å². The summed E-state index contributed by atoms with van der Waals surface area (Å²) in [5.74, 6) is -6.47. The van der Waals surface area contributed by atoms with Gasteiger partial charge in [0.05, 0.1) is 11.6 Å². The fourth-order valence-electron chi connectivity index (χ4n) is 8.36. The maximum Gasteiger partial charge on any atom is 0.456 e. The summed E-state index contributed by atoms with van der Waals surface area (Å²) in [6.45, 7) is 1.43. The number of halogens is 5. The van der Waals surface area contributed by atoms with Gasteiger partial charge in [0, 0.05) is 17.8 Å². The second-order valence-corrected chi connectivity index (χ2v) is 12.3. The number of rotatable bonds is 3. The van der Waals surface area contributed by atoms with Gasteiger partial charge in [-0.3, -0.25) is 4.79 Å². The van der Waals surface area contributed by atoms with Gasteiger partial charge in [-0.25, -0.2) is 0 Å². The number of nitriles is 1. The Balaban J connectivity index is 1.47. The zero-order valence-corrected chi connectivity index (χ0v) is 22.6. The Bertz CT molecular complexity index is 1500. The number of allylic oxidation sites excluding steroid dienone is 4. The summed E-state index contributed by atoms with van der Waals surface area (Å²) in [5.41, 5.74) is 1.21. The van der Waals surface area contributed by atoms with Crippen molar-refractivity contribution in [3.63, 3.8) is 0 Å². The summed E-state index contributed by atoms with van der Waals surface area (Å²) in [6.07, 6.45) is -2.79. The topological polar surface area (TPSA) is 61.1 Å². The normalized spacial score (nSPS) is 31.6. The van der Waals surface area contributed by atoms with Gasteiger partial charge >= 0.3 is 12.1 Å². The first-order chi connectivity index (χ1) is 19.3. The lowest BCUT2D eigenvalue weighted by Gasteiger charge is -2.56. The van der Waals surface area contributed by atoms with E-state index in [1.165, 1.54) is 6.92 Å². The van der Waals surface area contributed by atoms with Gasteiger partial charge in [-0.15, -0.1) is 0 Å². The van der Waals surface area contributed by atoms with E-state index in [0.717, 1.165) is 33.4 Å². The van der Waals surface area contributed by atoms with Crippen LogP contribution in [-0.2, 0) is 4.79 Å². The minimum atomic E-state index is -5.87. The highest BCUT2D eigenvalue weighted by molar-refractivity contribution is 5.93. The quantitative estimate of drug-likeness (QED) is 0.382. The maximum atomic E-state index is 15.1. The molecule has 6 rings (SSSR count). The van der Waals surface area contributed by atoms with Crippen molar-refractivity contribution >= 4 is 5.78 Å². The fourth-order valence-corrected chi connectivity index (χ4v) is 8.36. The molecule has 214 valence electrons. The Labute approximate surface area is 235 Å². The first-order valence-electron chi connectivity index (χ1n) is 14.0. The predicted octanol–water partition coefficient (Wildman–Crippen LogP) is 8.05. The van der Waals surface area contributed by atoms with Crippen molar-refractivity contribution < 1.29 is 31.9 Å². The summed E-state index contributed by atoms with van der Waals surface area (Å²) >= 11 is 0. The Morgan fingerprint density at radius 3 is 2.17 bits per heavy atom. The van der Waals surface area contributed by atoms with Crippen LogP contribution in [0.15, 0.2) is 71.3 Å². The maximum absolute atomic E-state index is 15.1. The van der Waals surface area contributed by atoms with Crippen LogP contribution in [0.3, 0.4) is 0 Å². The predicted molar refractivity (Wildman–Crippen MR) is 143 cm³/mol. The largest absolute Gasteiger partial charge is 0.456 e. The van der Waals surface area contributed by atoms with E-state index in [1.54, 1.807) is 18.2 Å². The third-order valence-corrected chi connectivity index (χ3v) is 10.4. The molecular formula is C33H30F5NO2. The van der Waals surface area contributed by atoms with Crippen molar-refractivity contribution in [1.82, 2.24) is 0 Å². The first kappa shape index (κ1) is 27.8. The highest BCUT2D eigenvalue weighted by atomic mass is 19.4. The van der Waals surface area contributed by atoms with Crippen LogP contribution < -0.4 is 0 Å². The molecule has 2 aromatic carbocycles. The molecule has 0 unspecified atom stereocenters. The van der Waals surface area contributed by atoms with Crippen LogP contribution >= 0.6 is 0 Å². The SMILES string of the molecule is C[C@]12C[C@H](c3ccc(-c4ccc(C#N)cc4)cc3)C3=C4CCC(=O)C=C4CC[C@H]3[C@@H]1CC[C@@]2(O)C(F)(F)C(F)(F)F. The molecule has 0 spiro atoms. The van der Waals surface area contributed by atoms with Crippen molar-refractivity contribution in [2.24, 2.45) is 17.3 Å². The van der Waals surface area contributed by atoms with Gasteiger partial charge in [-0.2, -0.15) is 27.2 Å². The molecule has 0 aliphatic heterocycles. The zero-order valence-electron chi connectivity index (χ0n) is 22.6. The number of aliphatic hydroxyl groups is 1. The lowest BCUT2D eigenvalue weighted by atomic mass is 9.50. The van der Waals surface area contributed by atoms with Gasteiger partial charge in [0.25, 0.3) is 0 Å². The number of carbonyl (C=O) groups is 1. The Hall–Kier alpha value is -3.31. The number of carbonyl (C=O) groups excluding carboxylic acids is 1. The molecule has 2 aromatic rings. The Morgan fingerprint density at radius 1 is 0.927 bits per heavy atom. The van der Waals surface area contributed by atoms with Crippen molar-refractivity contribution in [1.29, 1.82) is 5.26 Å². The monoisotopic (exact) mass is 567 g/mol. The molecule has 8 heteroatoms. The molecule has 2 fully saturated rings. The average Bonchev–Trinajstić information content (AvgIpc) is 3.23. The van der Waals surface area contributed by atoms with E-state index in [9.17, 15) is 23.1 Å². The number of alkyl halides is 5. The third-order valence-electron chi connectivity index (χ3n) is 10.4. The zero-order chi connectivity index (χ0) is 29.4. The van der Waals surface area contributed by atoms with Gasteiger partial charge < -0.3 is 5.11 Å². The molecule has 0 amide bonds. The number of nitrogens with zero attached hydrogens (tertiary/aromatic N) is 1. The molecule has 1 N–H and O–H groups in total. The number of hydrogen-bond acceptors (Lipinski definition) is 3. The van der Waals surface area contributed by atoms with E-state index < -0.39 is 41.4 Å². The van der Waals surface area contributed by atoms with E-state index >= 15 is 8.78 Å². The Morgan fingerprint density at radius 2 is 1.56 bits per heavy atom. The molecule has 0 radical (unpaired) electrons. The number of benzene rings is 2. The molecule has 0 heterocycles. The summed E-state index contributed by atoms with van der Waals surface area (Å²) in [4.78, 5) is 12.2. The second-order valence-electron chi connectivity index (χ2n) is 12.3. The fraction of sp³-hybridized carbons (Fsp3) is 0.455. The van der Waals surface area contributed by atoms with E-state index in [4.69, 9.17) is 5.26 Å². The molecule has 0 bridgehead atoms. The highest BCUT2D eigenvalue weighted by Crippen LogP contribution is 2.70. The number of fused-ring (bicyclic) bond motifs is 4. The smallest absolute Gasteiger partial charge is 0.383 e. The average molecular weight is 568 g/mol. The summed E-state index contributed by atoms with van der Waals surface area (Å²) in [6, 6.07) is 16.7. The van der Waals surface area contributed by atoms with Crippen LogP contribution in [0.1, 0.15) is 68.9 Å². The van der Waals surface area contributed by atoms with Crippen molar-refractivity contribution in [3.8, 4) is 17.2 Å². The van der Waals surface area contributed by atoms with Gasteiger partial charge in [0.1, 0.15) is 5.60 Å². The number of ketones is 1. The molecule has 2 saturated carbocycles. The molecule has 4 aliphatic rings. The molecule has 0 saturated heterocycles. The van der Waals surface area contributed by atoms with Crippen molar-refractivity contribution in [2.75, 3.05) is 0 Å². The van der Waals surface area contributed by atoms with E-state index in [1.807, 2.05) is 36.4 Å². The molecule has 5 atom stereocenters. The summed E-state index contributed by atoms with van der Waals surface area (Å²) < 4.78 is 71.5. The molecular weight excluding hydrogens is 537 g/mol. The second kappa shape index (κ2) is 9.35. The lowest BCUT2D eigenvalue weighted by molar-refractivity contribution is -0.362. The molecule has 4 aliphatic carbocycles. The third kappa shape index (κ3) is 4.03. The van der Waals surface area contributed by atoms with Crippen LogP contribution in [0.2, 0.25) is 0 Å². The van der Waals surface area contributed by atoms with Gasteiger partial charge in [-0.05, 0) is 96.4 Å². The van der Waals surface area contributed by atoms with Crippen molar-refractivity contribution in [2.45, 2.75) is 75.5 Å². The van der Waals surface area contributed by atoms with Crippen LogP contribution in [0, 0.1) is 28.6 Å². The number of hydrogen-bond donors (Lipinski definition) is 1.